The molecule has 19 heavy (non-hydrogen) atoms. The molecule has 3 rings (SSSR count). The van der Waals surface area contributed by atoms with Gasteiger partial charge in [-0.2, -0.15) is 0 Å². The number of rotatable bonds is 3. The molecule has 1 saturated carbocycles. The molecule has 0 aliphatic heterocycles. The first-order valence-corrected chi connectivity index (χ1v) is 6.33. The van der Waals surface area contributed by atoms with Crippen LogP contribution in [0, 0.1) is 17.5 Å². The van der Waals surface area contributed by atoms with E-state index in [1.165, 1.54) is 0 Å². The zero-order valence-corrected chi connectivity index (χ0v) is 10.4. The molecule has 100 valence electrons. The van der Waals surface area contributed by atoms with Gasteiger partial charge in [0.15, 0.2) is 17.5 Å². The summed E-state index contributed by atoms with van der Waals surface area (Å²) in [6.07, 6.45) is 2.08. The Labute approximate surface area is 108 Å². The second-order valence-electron chi connectivity index (χ2n) is 4.78. The number of benzene rings is 1. The molecule has 1 fully saturated rings. The molecule has 0 amide bonds. The van der Waals surface area contributed by atoms with E-state index < -0.39 is 17.5 Å². The largest absolute Gasteiger partial charge is 0.385 e. The van der Waals surface area contributed by atoms with E-state index in [1.54, 1.807) is 6.07 Å². The minimum atomic E-state index is -1.45. The normalized spacial score (nSPS) is 14.9. The smallest absolute Gasteiger partial charge is 0.195 e. The Morgan fingerprint density at radius 2 is 1.95 bits per heavy atom. The Hall–Kier alpha value is -1.78. The fourth-order valence-electron chi connectivity index (χ4n) is 2.24. The van der Waals surface area contributed by atoms with Crippen LogP contribution in [0.1, 0.15) is 31.4 Å². The molecule has 1 N–H and O–H groups in total. The van der Waals surface area contributed by atoms with Crippen LogP contribution in [0.15, 0.2) is 12.1 Å². The molecule has 2 nitrogen and oxygen atoms in total. The predicted octanol–water partition coefficient (Wildman–Crippen LogP) is 3.96. The highest BCUT2D eigenvalue weighted by Crippen LogP contribution is 2.41. The van der Waals surface area contributed by atoms with Crippen molar-refractivity contribution in [2.75, 3.05) is 11.9 Å². The first-order valence-electron chi connectivity index (χ1n) is 6.33. The number of pyridine rings is 1. The van der Waals surface area contributed by atoms with Crippen LogP contribution >= 0.6 is 0 Å². The lowest BCUT2D eigenvalue weighted by molar-refractivity contribution is 0.453. The summed E-state index contributed by atoms with van der Waals surface area (Å²) in [6, 6.07) is 2.70. The highest BCUT2D eigenvalue weighted by molar-refractivity contribution is 5.92. The van der Waals surface area contributed by atoms with E-state index in [0.717, 1.165) is 24.6 Å². The van der Waals surface area contributed by atoms with Gasteiger partial charge in [0.25, 0.3) is 0 Å². The quantitative estimate of drug-likeness (QED) is 0.850. The summed E-state index contributed by atoms with van der Waals surface area (Å²) < 4.78 is 40.5. The fraction of sp³-hybridized carbons (Fsp3) is 0.357. The number of hydrogen-bond donors (Lipinski definition) is 1. The summed E-state index contributed by atoms with van der Waals surface area (Å²) in [6.45, 7) is 2.43. The summed E-state index contributed by atoms with van der Waals surface area (Å²) in [7, 11) is 0. The van der Waals surface area contributed by atoms with Crippen molar-refractivity contribution in [3.8, 4) is 0 Å². The topological polar surface area (TPSA) is 24.9 Å². The Morgan fingerprint density at radius 1 is 1.21 bits per heavy atom. The van der Waals surface area contributed by atoms with E-state index in [2.05, 4.69) is 10.3 Å². The Bertz CT molecular complexity index is 651. The molecular weight excluding hydrogens is 253 g/mol. The molecule has 2 aromatic rings. The Morgan fingerprint density at radius 3 is 2.58 bits per heavy atom. The van der Waals surface area contributed by atoms with Crippen molar-refractivity contribution < 1.29 is 13.2 Å². The van der Waals surface area contributed by atoms with Crippen LogP contribution < -0.4 is 5.32 Å². The fourth-order valence-corrected chi connectivity index (χ4v) is 2.24. The van der Waals surface area contributed by atoms with Crippen molar-refractivity contribution in [1.29, 1.82) is 0 Å². The molecule has 1 aromatic carbocycles. The molecule has 0 unspecified atom stereocenters. The third kappa shape index (κ3) is 2.03. The van der Waals surface area contributed by atoms with Gasteiger partial charge in [-0.3, -0.25) is 4.98 Å². The molecule has 1 aromatic heterocycles. The van der Waals surface area contributed by atoms with Gasteiger partial charge in [-0.1, -0.05) is 0 Å². The standard InChI is InChI=1S/C14H13F3N2/c1-2-18-10-6-9(7-3-4-7)19-11-5-8(15)13(16)14(17)12(10)11/h5-7H,2-4H2,1H3,(H,18,19). The van der Waals surface area contributed by atoms with Crippen molar-refractivity contribution >= 4 is 16.6 Å². The summed E-state index contributed by atoms with van der Waals surface area (Å²) in [5.41, 5.74) is 1.46. The van der Waals surface area contributed by atoms with Gasteiger partial charge in [0.05, 0.1) is 10.9 Å². The van der Waals surface area contributed by atoms with Gasteiger partial charge in [0, 0.05) is 29.9 Å². The lowest BCUT2D eigenvalue weighted by Gasteiger charge is -2.11. The van der Waals surface area contributed by atoms with E-state index in [1.807, 2.05) is 6.92 Å². The summed E-state index contributed by atoms with van der Waals surface area (Å²) >= 11 is 0. The molecule has 1 aliphatic carbocycles. The maximum absolute atomic E-state index is 13.9. The maximum atomic E-state index is 13.9. The highest BCUT2D eigenvalue weighted by atomic mass is 19.2. The highest BCUT2D eigenvalue weighted by Gasteiger charge is 2.27. The molecule has 1 aliphatic rings. The number of fused-ring (bicyclic) bond motifs is 1. The van der Waals surface area contributed by atoms with Gasteiger partial charge in [-0.15, -0.1) is 0 Å². The average molecular weight is 266 g/mol. The van der Waals surface area contributed by atoms with Crippen LogP contribution in [0.2, 0.25) is 0 Å². The lowest BCUT2D eigenvalue weighted by Crippen LogP contribution is -2.03. The van der Waals surface area contributed by atoms with E-state index in [9.17, 15) is 13.2 Å². The van der Waals surface area contributed by atoms with Crippen LogP contribution in [0.5, 0.6) is 0 Å². The molecule has 0 saturated heterocycles. The Kier molecular flexibility index (Phi) is 2.84. The molecular formula is C14H13F3N2. The Balaban J connectivity index is 2.30. The zero-order valence-electron chi connectivity index (χ0n) is 10.4. The van der Waals surface area contributed by atoms with Gasteiger partial charge in [-0.25, -0.2) is 13.2 Å². The summed E-state index contributed by atoms with van der Waals surface area (Å²) in [5.74, 6) is -3.47. The van der Waals surface area contributed by atoms with E-state index in [4.69, 9.17) is 0 Å². The first-order chi connectivity index (χ1) is 9.11. The molecule has 0 bridgehead atoms. The second kappa shape index (κ2) is 4.40. The van der Waals surface area contributed by atoms with Crippen molar-refractivity contribution in [3.05, 3.63) is 35.3 Å². The molecule has 0 spiro atoms. The van der Waals surface area contributed by atoms with Crippen molar-refractivity contribution in [2.24, 2.45) is 0 Å². The van der Waals surface area contributed by atoms with Crippen LogP contribution in [-0.4, -0.2) is 11.5 Å². The van der Waals surface area contributed by atoms with Gasteiger partial charge in [0.2, 0.25) is 0 Å². The van der Waals surface area contributed by atoms with Crippen LogP contribution in [0.4, 0.5) is 18.9 Å². The third-order valence-corrected chi connectivity index (χ3v) is 3.32. The second-order valence-corrected chi connectivity index (χ2v) is 4.78. The molecule has 0 atom stereocenters. The molecule has 0 radical (unpaired) electrons. The molecule has 5 heteroatoms. The number of halogens is 3. The number of nitrogens with one attached hydrogen (secondary N) is 1. The van der Waals surface area contributed by atoms with Crippen molar-refractivity contribution in [1.82, 2.24) is 4.98 Å². The van der Waals surface area contributed by atoms with Crippen LogP contribution in [0.3, 0.4) is 0 Å². The van der Waals surface area contributed by atoms with E-state index in [-0.39, 0.29) is 10.9 Å². The van der Waals surface area contributed by atoms with E-state index >= 15 is 0 Å². The third-order valence-electron chi connectivity index (χ3n) is 3.32. The first kappa shape index (κ1) is 12.3. The van der Waals surface area contributed by atoms with Gasteiger partial charge >= 0.3 is 0 Å². The number of anilines is 1. The monoisotopic (exact) mass is 266 g/mol. The minimum absolute atomic E-state index is 0.0187. The number of aromatic nitrogens is 1. The van der Waals surface area contributed by atoms with Crippen LogP contribution in [-0.2, 0) is 0 Å². The SMILES string of the molecule is CCNc1cc(C2CC2)nc2cc(F)c(F)c(F)c12. The summed E-state index contributed by atoms with van der Waals surface area (Å²) in [4.78, 5) is 4.26. The van der Waals surface area contributed by atoms with Gasteiger partial charge in [0.1, 0.15) is 0 Å². The van der Waals surface area contributed by atoms with E-state index in [0.29, 0.717) is 18.2 Å². The van der Waals surface area contributed by atoms with Gasteiger partial charge in [-0.05, 0) is 25.8 Å². The van der Waals surface area contributed by atoms with Crippen LogP contribution in [0.25, 0.3) is 10.9 Å². The maximum Gasteiger partial charge on any atom is 0.195 e. The van der Waals surface area contributed by atoms with Gasteiger partial charge < -0.3 is 5.32 Å². The predicted molar refractivity (Wildman–Crippen MR) is 67.8 cm³/mol. The molecule has 1 heterocycles. The number of hydrogen-bond acceptors (Lipinski definition) is 2. The number of nitrogens with zero attached hydrogens (tertiary/aromatic N) is 1. The lowest BCUT2D eigenvalue weighted by atomic mass is 10.1. The van der Waals surface area contributed by atoms with Crippen molar-refractivity contribution in [2.45, 2.75) is 25.7 Å². The average Bonchev–Trinajstić information content (AvgIpc) is 3.20. The minimum Gasteiger partial charge on any atom is -0.385 e. The van der Waals surface area contributed by atoms with Crippen molar-refractivity contribution in [3.63, 3.8) is 0 Å². The summed E-state index contributed by atoms with van der Waals surface area (Å²) in [5, 5.41) is 3.01. The zero-order chi connectivity index (χ0) is 13.6.